The Bertz CT molecular complexity index is 323. The molecule has 2 rings (SSSR count). The van der Waals surface area contributed by atoms with Crippen molar-refractivity contribution in [1.29, 1.82) is 0 Å². The largest absolute Gasteiger partial charge is 0.305 e. The van der Waals surface area contributed by atoms with Gasteiger partial charge in [-0.3, -0.25) is 14.5 Å². The fraction of sp³-hybridized carbons (Fsp3) is 0.846. The Balaban J connectivity index is 1.86. The number of carbonyl (C=O) groups is 2. The van der Waals surface area contributed by atoms with Gasteiger partial charge in [0.2, 0.25) is 11.8 Å². The van der Waals surface area contributed by atoms with Crippen molar-refractivity contribution in [2.24, 2.45) is 5.41 Å². The summed E-state index contributed by atoms with van der Waals surface area (Å²) in [5, 5.41) is 3.28. The molecule has 2 fully saturated rings. The van der Waals surface area contributed by atoms with Crippen LogP contribution in [0.1, 0.15) is 46.0 Å². The lowest BCUT2D eigenvalue weighted by molar-refractivity contribution is -0.138. The number of rotatable bonds is 5. The molecular weight excluding hydrogens is 216 g/mol. The molecule has 4 nitrogen and oxygen atoms in total. The van der Waals surface area contributed by atoms with Crippen LogP contribution in [0.4, 0.5) is 0 Å². The maximum Gasteiger partial charge on any atom is 0.246 e. The van der Waals surface area contributed by atoms with Crippen LogP contribution >= 0.6 is 0 Å². The highest BCUT2D eigenvalue weighted by atomic mass is 16.2. The molecule has 1 aliphatic heterocycles. The highest BCUT2D eigenvalue weighted by molar-refractivity contribution is 6.05. The van der Waals surface area contributed by atoms with Gasteiger partial charge in [0, 0.05) is 13.1 Å². The van der Waals surface area contributed by atoms with Gasteiger partial charge >= 0.3 is 0 Å². The summed E-state index contributed by atoms with van der Waals surface area (Å²) < 4.78 is 0. The normalized spacial score (nSPS) is 27.4. The Hall–Kier alpha value is -0.900. The first kappa shape index (κ1) is 12.6. The van der Waals surface area contributed by atoms with Crippen molar-refractivity contribution in [1.82, 2.24) is 10.2 Å². The van der Waals surface area contributed by atoms with Crippen molar-refractivity contribution in [3.63, 3.8) is 0 Å². The number of hydrogen-bond donors (Lipinski definition) is 1. The van der Waals surface area contributed by atoms with E-state index in [1.54, 1.807) is 0 Å². The highest BCUT2D eigenvalue weighted by Crippen LogP contribution is 2.39. The summed E-state index contributed by atoms with van der Waals surface area (Å²) in [6.45, 7) is 5.65. The molecule has 1 saturated carbocycles. The lowest BCUT2D eigenvalue weighted by atomic mass is 9.70. The van der Waals surface area contributed by atoms with Gasteiger partial charge in [-0.1, -0.05) is 20.3 Å². The van der Waals surface area contributed by atoms with Gasteiger partial charge < -0.3 is 5.32 Å². The molecule has 96 valence electrons. The third-order valence-electron chi connectivity index (χ3n) is 4.03. The summed E-state index contributed by atoms with van der Waals surface area (Å²) in [6.07, 6.45) is 4.93. The Morgan fingerprint density at radius 1 is 1.41 bits per heavy atom. The minimum atomic E-state index is -0.272. The number of nitrogens with one attached hydrogen (secondary N) is 1. The molecule has 0 aromatic carbocycles. The summed E-state index contributed by atoms with van der Waals surface area (Å²) in [6, 6.07) is -0.272. The van der Waals surface area contributed by atoms with Gasteiger partial charge in [0.05, 0.1) is 12.5 Å². The molecular formula is C13H22N2O2. The average Bonchev–Trinajstić information content (AvgIpc) is 2.52. The van der Waals surface area contributed by atoms with E-state index in [1.807, 2.05) is 6.92 Å². The van der Waals surface area contributed by atoms with Crippen molar-refractivity contribution in [2.45, 2.75) is 52.0 Å². The molecule has 1 aliphatic carbocycles. The SMILES string of the molecule is CCCN1C(=O)CC(NCC2(C)CCC2)C1=O. The first-order valence-corrected chi connectivity index (χ1v) is 6.63. The van der Waals surface area contributed by atoms with Gasteiger partial charge in [0.25, 0.3) is 0 Å². The standard InChI is InChI=1S/C13H22N2O2/c1-3-7-15-11(16)8-10(12(15)17)14-9-13(2)5-4-6-13/h10,14H,3-9H2,1-2H3. The molecule has 4 heteroatoms. The maximum absolute atomic E-state index is 12.0. The summed E-state index contributed by atoms with van der Waals surface area (Å²) >= 11 is 0. The molecule has 0 aromatic heterocycles. The van der Waals surface area contributed by atoms with Crippen LogP contribution < -0.4 is 5.32 Å². The summed E-state index contributed by atoms with van der Waals surface area (Å²) in [7, 11) is 0. The first-order chi connectivity index (χ1) is 8.06. The molecule has 17 heavy (non-hydrogen) atoms. The van der Waals surface area contributed by atoms with E-state index in [0.29, 0.717) is 18.4 Å². The molecule has 1 N–H and O–H groups in total. The van der Waals surface area contributed by atoms with E-state index in [1.165, 1.54) is 24.2 Å². The molecule has 0 radical (unpaired) electrons. The van der Waals surface area contributed by atoms with E-state index >= 15 is 0 Å². The van der Waals surface area contributed by atoms with Crippen molar-refractivity contribution in [3.8, 4) is 0 Å². The molecule has 0 bridgehead atoms. The van der Waals surface area contributed by atoms with Gasteiger partial charge in [0.1, 0.15) is 0 Å². The summed E-state index contributed by atoms with van der Waals surface area (Å²) in [5.74, 6) is -0.0483. The third-order valence-corrected chi connectivity index (χ3v) is 4.03. The minimum absolute atomic E-state index is 0.0203. The zero-order chi connectivity index (χ0) is 12.5. The Morgan fingerprint density at radius 3 is 2.65 bits per heavy atom. The van der Waals surface area contributed by atoms with Crippen LogP contribution in [0.5, 0.6) is 0 Å². The predicted octanol–water partition coefficient (Wildman–Crippen LogP) is 1.30. The number of amides is 2. The number of nitrogens with zero attached hydrogens (tertiary/aromatic N) is 1. The predicted molar refractivity (Wildman–Crippen MR) is 65.4 cm³/mol. The van der Waals surface area contributed by atoms with Crippen molar-refractivity contribution in [3.05, 3.63) is 0 Å². The zero-order valence-corrected chi connectivity index (χ0v) is 10.8. The van der Waals surface area contributed by atoms with E-state index in [2.05, 4.69) is 12.2 Å². The molecule has 0 aromatic rings. The van der Waals surface area contributed by atoms with Crippen LogP contribution in [-0.4, -0.2) is 35.8 Å². The molecule has 1 unspecified atom stereocenters. The molecule has 1 saturated heterocycles. The third kappa shape index (κ3) is 2.51. The van der Waals surface area contributed by atoms with E-state index < -0.39 is 0 Å². The van der Waals surface area contributed by atoms with Crippen LogP contribution in [0, 0.1) is 5.41 Å². The van der Waals surface area contributed by atoms with Crippen molar-refractivity contribution >= 4 is 11.8 Å². The smallest absolute Gasteiger partial charge is 0.246 e. The second kappa shape index (κ2) is 4.77. The zero-order valence-electron chi connectivity index (χ0n) is 10.8. The molecule has 2 aliphatic rings. The van der Waals surface area contributed by atoms with Crippen LogP contribution in [0.25, 0.3) is 0 Å². The first-order valence-electron chi connectivity index (χ1n) is 6.63. The number of carbonyl (C=O) groups excluding carboxylic acids is 2. The quantitative estimate of drug-likeness (QED) is 0.735. The van der Waals surface area contributed by atoms with Crippen LogP contribution in [-0.2, 0) is 9.59 Å². The van der Waals surface area contributed by atoms with E-state index in [4.69, 9.17) is 0 Å². The average molecular weight is 238 g/mol. The fourth-order valence-corrected chi connectivity index (χ4v) is 2.63. The van der Waals surface area contributed by atoms with Crippen molar-refractivity contribution in [2.75, 3.05) is 13.1 Å². The van der Waals surface area contributed by atoms with E-state index in [0.717, 1.165) is 13.0 Å². The van der Waals surface area contributed by atoms with Gasteiger partial charge in [-0.25, -0.2) is 0 Å². The minimum Gasteiger partial charge on any atom is -0.305 e. The molecule has 2 amide bonds. The molecule has 1 atom stereocenters. The number of imide groups is 1. The Morgan fingerprint density at radius 2 is 2.12 bits per heavy atom. The van der Waals surface area contributed by atoms with Gasteiger partial charge in [-0.15, -0.1) is 0 Å². The Kier molecular flexibility index (Phi) is 3.52. The lowest BCUT2D eigenvalue weighted by Crippen LogP contribution is -2.45. The van der Waals surface area contributed by atoms with Crippen molar-refractivity contribution < 1.29 is 9.59 Å². The van der Waals surface area contributed by atoms with Gasteiger partial charge in [-0.05, 0) is 24.7 Å². The molecule has 0 spiro atoms. The monoisotopic (exact) mass is 238 g/mol. The number of likely N-dealkylation sites (tertiary alicyclic amines) is 1. The van der Waals surface area contributed by atoms with Crippen LogP contribution in [0.2, 0.25) is 0 Å². The van der Waals surface area contributed by atoms with Gasteiger partial charge in [0.15, 0.2) is 0 Å². The summed E-state index contributed by atoms with van der Waals surface area (Å²) in [4.78, 5) is 25.0. The maximum atomic E-state index is 12.0. The topological polar surface area (TPSA) is 49.4 Å². The van der Waals surface area contributed by atoms with Crippen LogP contribution in [0.15, 0.2) is 0 Å². The second-order valence-electron chi connectivity index (χ2n) is 5.69. The Labute approximate surface area is 103 Å². The second-order valence-corrected chi connectivity index (χ2v) is 5.69. The number of hydrogen-bond acceptors (Lipinski definition) is 3. The lowest BCUT2D eigenvalue weighted by Gasteiger charge is -2.39. The van der Waals surface area contributed by atoms with E-state index in [9.17, 15) is 9.59 Å². The summed E-state index contributed by atoms with van der Waals surface area (Å²) in [5.41, 5.74) is 0.349. The van der Waals surface area contributed by atoms with Gasteiger partial charge in [-0.2, -0.15) is 0 Å². The van der Waals surface area contributed by atoms with Crippen LogP contribution in [0.3, 0.4) is 0 Å². The fourth-order valence-electron chi connectivity index (χ4n) is 2.63. The van der Waals surface area contributed by atoms with E-state index in [-0.39, 0.29) is 17.9 Å². The molecule has 1 heterocycles. The highest BCUT2D eigenvalue weighted by Gasteiger charge is 2.39.